The van der Waals surface area contributed by atoms with Crippen LogP contribution in [0.25, 0.3) is 0 Å². The van der Waals surface area contributed by atoms with Crippen molar-refractivity contribution in [3.05, 3.63) is 18.3 Å². The molecule has 4 nitrogen and oxygen atoms in total. The van der Waals surface area contributed by atoms with Gasteiger partial charge in [-0.2, -0.15) is 0 Å². The highest BCUT2D eigenvalue weighted by Gasteiger charge is 2.05. The van der Waals surface area contributed by atoms with Gasteiger partial charge in [0.1, 0.15) is 5.82 Å². The van der Waals surface area contributed by atoms with Crippen LogP contribution in [-0.2, 0) is 10.8 Å². The van der Waals surface area contributed by atoms with Crippen LogP contribution in [0.2, 0.25) is 0 Å². The van der Waals surface area contributed by atoms with Crippen LogP contribution in [0.3, 0.4) is 0 Å². The quantitative estimate of drug-likeness (QED) is 0.794. The van der Waals surface area contributed by atoms with Crippen molar-refractivity contribution in [2.24, 2.45) is 0 Å². The Morgan fingerprint density at radius 1 is 1.67 bits per heavy atom. The third-order valence-corrected chi connectivity index (χ3v) is 3.58. The van der Waals surface area contributed by atoms with Crippen LogP contribution in [0.15, 0.2) is 18.3 Å². The zero-order valence-corrected chi connectivity index (χ0v) is 9.88. The zero-order valence-electron chi connectivity index (χ0n) is 9.06. The molecule has 0 aliphatic heterocycles. The molecule has 0 aliphatic carbocycles. The van der Waals surface area contributed by atoms with Crippen molar-refractivity contribution in [1.29, 1.82) is 0 Å². The molecule has 1 aromatic rings. The van der Waals surface area contributed by atoms with E-state index in [4.69, 9.17) is 5.73 Å². The van der Waals surface area contributed by atoms with Crippen molar-refractivity contribution >= 4 is 22.3 Å². The van der Waals surface area contributed by atoms with Gasteiger partial charge in [-0.25, -0.2) is 4.98 Å². The number of rotatable bonds is 5. The van der Waals surface area contributed by atoms with Gasteiger partial charge in [0, 0.05) is 46.8 Å². The van der Waals surface area contributed by atoms with Crippen LogP contribution < -0.4 is 11.1 Å². The molecule has 1 aromatic heterocycles. The van der Waals surface area contributed by atoms with E-state index in [1.807, 2.05) is 6.92 Å². The maximum absolute atomic E-state index is 11.1. The highest BCUT2D eigenvalue weighted by Crippen LogP contribution is 2.08. The van der Waals surface area contributed by atoms with E-state index in [1.165, 1.54) is 0 Å². The molecule has 0 amide bonds. The third-order valence-electron chi connectivity index (χ3n) is 2.21. The number of nitrogens with one attached hydrogen (secondary N) is 1. The van der Waals surface area contributed by atoms with Crippen molar-refractivity contribution in [2.45, 2.75) is 18.6 Å². The molecule has 0 saturated carbocycles. The SMILES string of the molecule is CC(CCNc1cc(N)ccn1)S(C)=O. The molecule has 5 heteroatoms. The molecule has 2 atom stereocenters. The van der Waals surface area contributed by atoms with E-state index in [1.54, 1.807) is 24.6 Å². The fourth-order valence-electron chi connectivity index (χ4n) is 1.11. The Labute approximate surface area is 92.7 Å². The van der Waals surface area contributed by atoms with E-state index in [0.29, 0.717) is 5.69 Å². The lowest BCUT2D eigenvalue weighted by atomic mass is 10.3. The summed E-state index contributed by atoms with van der Waals surface area (Å²) >= 11 is 0. The number of nitrogens with two attached hydrogens (primary N) is 1. The van der Waals surface area contributed by atoms with Gasteiger partial charge >= 0.3 is 0 Å². The molecule has 0 spiro atoms. The summed E-state index contributed by atoms with van der Waals surface area (Å²) < 4.78 is 11.1. The summed E-state index contributed by atoms with van der Waals surface area (Å²) in [4.78, 5) is 4.11. The largest absolute Gasteiger partial charge is 0.399 e. The van der Waals surface area contributed by atoms with Gasteiger partial charge in [0.05, 0.1) is 0 Å². The lowest BCUT2D eigenvalue weighted by Crippen LogP contribution is -2.15. The summed E-state index contributed by atoms with van der Waals surface area (Å²) in [6.07, 6.45) is 4.25. The van der Waals surface area contributed by atoms with Crippen molar-refractivity contribution in [1.82, 2.24) is 4.98 Å². The van der Waals surface area contributed by atoms with E-state index in [-0.39, 0.29) is 5.25 Å². The van der Waals surface area contributed by atoms with Gasteiger partial charge in [-0.1, -0.05) is 6.92 Å². The second-order valence-electron chi connectivity index (χ2n) is 3.50. The average Bonchev–Trinajstić information content (AvgIpc) is 2.17. The lowest BCUT2D eigenvalue weighted by Gasteiger charge is -2.09. The van der Waals surface area contributed by atoms with Crippen LogP contribution in [0, 0.1) is 0 Å². The number of aromatic nitrogens is 1. The first-order valence-corrected chi connectivity index (χ1v) is 6.49. The summed E-state index contributed by atoms with van der Waals surface area (Å²) in [5.41, 5.74) is 6.30. The Kier molecular flexibility index (Phi) is 4.55. The molecule has 0 fully saturated rings. The smallest absolute Gasteiger partial charge is 0.127 e. The van der Waals surface area contributed by atoms with E-state index >= 15 is 0 Å². The molecular formula is C10H17N3OS. The van der Waals surface area contributed by atoms with Gasteiger partial charge < -0.3 is 11.1 Å². The topological polar surface area (TPSA) is 68.0 Å². The van der Waals surface area contributed by atoms with Gasteiger partial charge in [0.2, 0.25) is 0 Å². The predicted molar refractivity (Wildman–Crippen MR) is 65.3 cm³/mol. The number of pyridine rings is 1. The van der Waals surface area contributed by atoms with E-state index in [9.17, 15) is 4.21 Å². The maximum Gasteiger partial charge on any atom is 0.127 e. The van der Waals surface area contributed by atoms with E-state index in [0.717, 1.165) is 18.8 Å². The number of hydrogen-bond acceptors (Lipinski definition) is 4. The van der Waals surface area contributed by atoms with E-state index < -0.39 is 10.8 Å². The van der Waals surface area contributed by atoms with Crippen LogP contribution in [0.5, 0.6) is 0 Å². The summed E-state index contributed by atoms with van der Waals surface area (Å²) in [5.74, 6) is 0.768. The molecule has 0 saturated heterocycles. The fraction of sp³-hybridized carbons (Fsp3) is 0.500. The zero-order chi connectivity index (χ0) is 11.3. The molecule has 0 aliphatic rings. The third kappa shape index (κ3) is 4.29. The first kappa shape index (κ1) is 12.0. The van der Waals surface area contributed by atoms with Crippen molar-refractivity contribution in [3.8, 4) is 0 Å². The second kappa shape index (κ2) is 5.70. The molecule has 3 N–H and O–H groups in total. The van der Waals surface area contributed by atoms with Gasteiger partial charge in [0.25, 0.3) is 0 Å². The summed E-state index contributed by atoms with van der Waals surface area (Å²) in [6.45, 7) is 2.74. The number of nitrogens with zero attached hydrogens (tertiary/aromatic N) is 1. The maximum atomic E-state index is 11.1. The Hall–Kier alpha value is -1.10. The van der Waals surface area contributed by atoms with Gasteiger partial charge in [-0.3, -0.25) is 4.21 Å². The number of hydrogen-bond donors (Lipinski definition) is 2. The summed E-state index contributed by atoms with van der Waals surface area (Å²) in [6, 6.07) is 3.53. The van der Waals surface area contributed by atoms with Crippen LogP contribution in [0.1, 0.15) is 13.3 Å². The van der Waals surface area contributed by atoms with Crippen LogP contribution in [-0.4, -0.2) is 27.2 Å². The van der Waals surface area contributed by atoms with Gasteiger partial charge in [0.15, 0.2) is 0 Å². The highest BCUT2D eigenvalue weighted by atomic mass is 32.2. The minimum Gasteiger partial charge on any atom is -0.399 e. The Balaban J connectivity index is 2.35. The van der Waals surface area contributed by atoms with Crippen LogP contribution >= 0.6 is 0 Å². The summed E-state index contributed by atoms with van der Waals surface area (Å²) in [7, 11) is -0.758. The first-order chi connectivity index (χ1) is 7.09. The molecule has 0 bridgehead atoms. The Bertz CT molecular complexity index is 343. The molecule has 84 valence electrons. The van der Waals surface area contributed by atoms with Crippen molar-refractivity contribution in [3.63, 3.8) is 0 Å². The Morgan fingerprint density at radius 3 is 3.00 bits per heavy atom. The Morgan fingerprint density at radius 2 is 2.40 bits per heavy atom. The average molecular weight is 227 g/mol. The van der Waals surface area contributed by atoms with Crippen molar-refractivity contribution in [2.75, 3.05) is 23.9 Å². The van der Waals surface area contributed by atoms with Gasteiger partial charge in [-0.05, 0) is 12.5 Å². The minimum atomic E-state index is -0.758. The molecule has 15 heavy (non-hydrogen) atoms. The summed E-state index contributed by atoms with van der Waals surface area (Å²) in [5, 5.41) is 3.35. The second-order valence-corrected chi connectivity index (χ2v) is 5.30. The number of nitrogen functional groups attached to an aromatic ring is 1. The molecular weight excluding hydrogens is 210 g/mol. The monoisotopic (exact) mass is 227 g/mol. The molecule has 1 heterocycles. The number of anilines is 2. The lowest BCUT2D eigenvalue weighted by molar-refractivity contribution is 0.672. The molecule has 0 radical (unpaired) electrons. The predicted octanol–water partition coefficient (Wildman–Crippen LogP) is 1.23. The fourth-order valence-corrected chi connectivity index (χ4v) is 1.56. The molecule has 2 unspecified atom stereocenters. The molecule has 0 aromatic carbocycles. The van der Waals surface area contributed by atoms with Gasteiger partial charge in [-0.15, -0.1) is 0 Å². The first-order valence-electron chi connectivity index (χ1n) is 4.87. The highest BCUT2D eigenvalue weighted by molar-refractivity contribution is 7.84. The minimum absolute atomic E-state index is 0.207. The van der Waals surface area contributed by atoms with Crippen molar-refractivity contribution < 1.29 is 4.21 Å². The normalized spacial score (nSPS) is 14.5. The van der Waals surface area contributed by atoms with E-state index in [2.05, 4.69) is 10.3 Å². The van der Waals surface area contributed by atoms with Crippen LogP contribution in [0.4, 0.5) is 11.5 Å². The molecule has 1 rings (SSSR count). The standard InChI is InChI=1S/C10H17N3OS/c1-8(15(2)14)3-5-12-10-7-9(11)4-6-13-10/h4,6-8H,3,5H2,1-2H3,(H3,11,12,13).